The topological polar surface area (TPSA) is 60.9 Å². The summed E-state index contributed by atoms with van der Waals surface area (Å²) in [5.74, 6) is 0.341. The van der Waals surface area contributed by atoms with Crippen molar-refractivity contribution in [1.29, 1.82) is 0 Å². The summed E-state index contributed by atoms with van der Waals surface area (Å²) in [5, 5.41) is 0. The number of nitrogens with zero attached hydrogens (tertiary/aromatic N) is 2. The first kappa shape index (κ1) is 15.3. The van der Waals surface area contributed by atoms with Crippen molar-refractivity contribution >= 4 is 44.5 Å². The lowest BCUT2D eigenvalue weighted by atomic mass is 10.2. The summed E-state index contributed by atoms with van der Waals surface area (Å²) < 4.78 is 15.9. The van der Waals surface area contributed by atoms with Crippen LogP contribution >= 0.6 is 27.5 Å². The van der Waals surface area contributed by atoms with Crippen LogP contribution in [0, 0.1) is 5.82 Å². The van der Waals surface area contributed by atoms with Crippen molar-refractivity contribution in [3.05, 3.63) is 28.2 Å². The highest BCUT2D eigenvalue weighted by molar-refractivity contribution is 9.10. The fraction of sp³-hybridized carbons (Fsp3) is 0.385. The van der Waals surface area contributed by atoms with Crippen LogP contribution in [-0.4, -0.2) is 21.3 Å². The minimum Gasteiger partial charge on any atom is -0.370 e. The van der Waals surface area contributed by atoms with Gasteiger partial charge in [-0.05, 0) is 28.9 Å². The number of aryl methyl sites for hydroxylation is 1. The van der Waals surface area contributed by atoms with E-state index in [0.29, 0.717) is 27.8 Å². The minimum atomic E-state index is -0.409. The molecule has 108 valence electrons. The number of carbonyl (C=O) groups excluding carboxylic acids is 1. The summed E-state index contributed by atoms with van der Waals surface area (Å²) in [7, 11) is 0. The molecule has 0 saturated carbocycles. The van der Waals surface area contributed by atoms with Gasteiger partial charge in [0.2, 0.25) is 5.91 Å². The number of amides is 1. The lowest BCUT2D eigenvalue weighted by Gasteiger charge is -2.16. The lowest BCUT2D eigenvalue weighted by Crippen LogP contribution is -2.19. The molecule has 2 aromatic rings. The number of fused-ring (bicyclic) bond motifs is 1. The molecule has 2 N–H and O–H groups in total. The molecule has 1 unspecified atom stereocenters. The maximum atomic E-state index is 13.7. The Morgan fingerprint density at radius 3 is 2.90 bits per heavy atom. The van der Waals surface area contributed by atoms with Gasteiger partial charge in [0.15, 0.2) is 0 Å². The molecule has 0 bridgehead atoms. The van der Waals surface area contributed by atoms with Gasteiger partial charge in [-0.15, -0.1) is 11.6 Å². The monoisotopic (exact) mass is 361 g/mol. The van der Waals surface area contributed by atoms with Crippen LogP contribution in [0.5, 0.6) is 0 Å². The van der Waals surface area contributed by atoms with Gasteiger partial charge in [0, 0.05) is 30.8 Å². The summed E-state index contributed by atoms with van der Waals surface area (Å²) in [5.41, 5.74) is 6.54. The number of imidazole rings is 1. The van der Waals surface area contributed by atoms with Crippen LogP contribution in [0.2, 0.25) is 0 Å². The van der Waals surface area contributed by atoms with Gasteiger partial charge in [-0.1, -0.05) is 0 Å². The van der Waals surface area contributed by atoms with E-state index in [2.05, 4.69) is 20.9 Å². The van der Waals surface area contributed by atoms with Gasteiger partial charge in [0.05, 0.1) is 15.5 Å². The van der Waals surface area contributed by atoms with Crippen molar-refractivity contribution in [2.45, 2.75) is 25.8 Å². The van der Waals surface area contributed by atoms with Gasteiger partial charge in [0.25, 0.3) is 0 Å². The number of carbonyl (C=O) groups is 1. The summed E-state index contributed by atoms with van der Waals surface area (Å²) in [6.45, 7) is 1.85. The Morgan fingerprint density at radius 1 is 1.60 bits per heavy atom. The Morgan fingerprint density at radius 2 is 2.30 bits per heavy atom. The second-order valence-corrected chi connectivity index (χ2v) is 5.84. The maximum Gasteiger partial charge on any atom is 0.219 e. The number of hydrogen-bond donors (Lipinski definition) is 1. The van der Waals surface area contributed by atoms with E-state index in [9.17, 15) is 9.18 Å². The van der Waals surface area contributed by atoms with Crippen molar-refractivity contribution in [3.63, 3.8) is 0 Å². The minimum absolute atomic E-state index is 0.165. The van der Waals surface area contributed by atoms with Crippen LogP contribution in [0.3, 0.4) is 0 Å². The number of rotatable bonds is 5. The van der Waals surface area contributed by atoms with E-state index in [-0.39, 0.29) is 18.3 Å². The molecule has 0 saturated heterocycles. The van der Waals surface area contributed by atoms with Crippen LogP contribution < -0.4 is 5.73 Å². The summed E-state index contributed by atoms with van der Waals surface area (Å²) in [6.07, 6.45) is 0.705. The molecule has 1 heterocycles. The Bertz CT molecular complexity index is 659. The van der Waals surface area contributed by atoms with Gasteiger partial charge in [-0.3, -0.25) is 4.79 Å². The van der Waals surface area contributed by atoms with Crippen LogP contribution in [0.1, 0.15) is 25.2 Å². The average Bonchev–Trinajstić information content (AvgIpc) is 2.67. The molecular formula is C13H14BrClFN3O. The third-order valence-corrected chi connectivity index (χ3v) is 3.86. The number of alkyl halides is 1. The van der Waals surface area contributed by atoms with Crippen LogP contribution in [0.25, 0.3) is 11.0 Å². The van der Waals surface area contributed by atoms with Crippen molar-refractivity contribution in [2.24, 2.45) is 5.73 Å². The largest absolute Gasteiger partial charge is 0.370 e. The number of halogens is 3. The molecule has 1 atom stereocenters. The molecular weight excluding hydrogens is 349 g/mol. The first-order chi connectivity index (χ1) is 9.43. The van der Waals surface area contributed by atoms with E-state index in [0.717, 1.165) is 5.82 Å². The average molecular weight is 363 g/mol. The molecule has 0 aliphatic carbocycles. The van der Waals surface area contributed by atoms with Gasteiger partial charge in [0.1, 0.15) is 11.6 Å². The van der Waals surface area contributed by atoms with Crippen molar-refractivity contribution < 1.29 is 9.18 Å². The predicted molar refractivity (Wildman–Crippen MR) is 80.3 cm³/mol. The van der Waals surface area contributed by atoms with Gasteiger partial charge >= 0.3 is 0 Å². The molecule has 7 heteroatoms. The van der Waals surface area contributed by atoms with Crippen LogP contribution in [0.4, 0.5) is 4.39 Å². The lowest BCUT2D eigenvalue weighted by molar-refractivity contribution is -0.118. The molecule has 0 aliphatic heterocycles. The third kappa shape index (κ3) is 2.96. The SMILES string of the molecule is CC(CC(N)=O)n1c(CCCl)nc2cc(Br)c(F)cc21. The molecule has 1 amide bonds. The van der Waals surface area contributed by atoms with Gasteiger partial charge in [-0.25, -0.2) is 9.37 Å². The molecule has 0 fully saturated rings. The maximum absolute atomic E-state index is 13.7. The van der Waals surface area contributed by atoms with E-state index < -0.39 is 5.91 Å². The normalized spacial score (nSPS) is 12.8. The van der Waals surface area contributed by atoms with E-state index in [1.54, 1.807) is 6.07 Å². The summed E-state index contributed by atoms with van der Waals surface area (Å²) >= 11 is 8.92. The molecule has 2 rings (SSSR count). The zero-order valence-electron chi connectivity index (χ0n) is 10.9. The second kappa shape index (κ2) is 6.10. The molecule has 20 heavy (non-hydrogen) atoms. The van der Waals surface area contributed by atoms with E-state index in [1.165, 1.54) is 6.07 Å². The predicted octanol–water partition coefficient (Wildman–Crippen LogP) is 3.16. The number of nitrogens with two attached hydrogens (primary N) is 1. The second-order valence-electron chi connectivity index (χ2n) is 4.61. The Kier molecular flexibility index (Phi) is 4.65. The zero-order chi connectivity index (χ0) is 14.9. The van der Waals surface area contributed by atoms with Crippen molar-refractivity contribution in [2.75, 3.05) is 5.88 Å². The van der Waals surface area contributed by atoms with Gasteiger partial charge in [-0.2, -0.15) is 0 Å². The number of benzene rings is 1. The highest BCUT2D eigenvalue weighted by Crippen LogP contribution is 2.28. The van der Waals surface area contributed by atoms with Crippen LogP contribution in [0.15, 0.2) is 16.6 Å². The molecule has 1 aromatic carbocycles. The Labute approximate surface area is 129 Å². The van der Waals surface area contributed by atoms with Gasteiger partial charge < -0.3 is 10.3 Å². The summed E-state index contributed by atoms with van der Waals surface area (Å²) in [6, 6.07) is 2.83. The number of aromatic nitrogens is 2. The fourth-order valence-corrected chi connectivity index (χ4v) is 2.78. The highest BCUT2D eigenvalue weighted by atomic mass is 79.9. The molecule has 0 aliphatic rings. The Balaban J connectivity index is 2.61. The fourth-order valence-electron chi connectivity index (χ4n) is 2.28. The smallest absolute Gasteiger partial charge is 0.219 e. The van der Waals surface area contributed by atoms with Crippen molar-refractivity contribution in [3.8, 4) is 0 Å². The van der Waals surface area contributed by atoms with Crippen molar-refractivity contribution in [1.82, 2.24) is 9.55 Å². The van der Waals surface area contributed by atoms with E-state index >= 15 is 0 Å². The quantitative estimate of drug-likeness (QED) is 0.831. The standard InChI is InChI=1S/C13H14BrClFN3O/c1-7(4-12(17)20)19-11-6-9(16)8(14)5-10(11)18-13(19)2-3-15/h5-7H,2-4H2,1H3,(H2,17,20). The molecule has 0 radical (unpaired) electrons. The summed E-state index contributed by atoms with van der Waals surface area (Å²) in [4.78, 5) is 15.6. The number of primary amides is 1. The highest BCUT2D eigenvalue weighted by Gasteiger charge is 2.18. The zero-order valence-corrected chi connectivity index (χ0v) is 13.2. The van der Waals surface area contributed by atoms with E-state index in [1.807, 2.05) is 11.5 Å². The number of hydrogen-bond acceptors (Lipinski definition) is 2. The molecule has 4 nitrogen and oxygen atoms in total. The Hall–Kier alpha value is -1.14. The molecule has 0 spiro atoms. The molecule has 1 aromatic heterocycles. The first-order valence-corrected chi connectivity index (χ1v) is 7.47. The first-order valence-electron chi connectivity index (χ1n) is 6.14. The van der Waals surface area contributed by atoms with Crippen LogP contribution in [-0.2, 0) is 11.2 Å². The van der Waals surface area contributed by atoms with E-state index in [4.69, 9.17) is 17.3 Å². The third-order valence-electron chi connectivity index (χ3n) is 3.06.